The molecule has 0 unspecified atom stereocenters. The SMILES string of the molecule is Fc1cc(C#Cc2ccc(OCCCC3CC3)cc2)ccc1Cl. The van der Waals surface area contributed by atoms with Crippen molar-refractivity contribution in [2.24, 2.45) is 5.92 Å². The average molecular weight is 329 g/mol. The van der Waals surface area contributed by atoms with E-state index in [-0.39, 0.29) is 5.02 Å². The minimum Gasteiger partial charge on any atom is -0.494 e. The molecular formula is C20H18ClFO. The molecule has 0 heterocycles. The van der Waals surface area contributed by atoms with E-state index in [2.05, 4.69) is 11.8 Å². The largest absolute Gasteiger partial charge is 0.494 e. The second-order valence-corrected chi connectivity index (χ2v) is 6.24. The summed E-state index contributed by atoms with van der Waals surface area (Å²) >= 11 is 5.65. The molecule has 0 atom stereocenters. The Hall–Kier alpha value is -1.98. The molecule has 0 aromatic heterocycles. The molecule has 1 saturated carbocycles. The van der Waals surface area contributed by atoms with Crippen molar-refractivity contribution < 1.29 is 9.13 Å². The van der Waals surface area contributed by atoms with Crippen molar-refractivity contribution >= 4 is 11.6 Å². The first-order valence-electron chi connectivity index (χ1n) is 7.90. The molecule has 118 valence electrons. The second kappa shape index (κ2) is 7.53. The number of rotatable bonds is 5. The summed E-state index contributed by atoms with van der Waals surface area (Å²) in [6, 6.07) is 12.2. The number of ether oxygens (including phenoxy) is 1. The molecule has 1 aliphatic carbocycles. The van der Waals surface area contributed by atoms with Crippen molar-refractivity contribution in [3.05, 3.63) is 64.4 Å². The molecule has 0 bridgehead atoms. The van der Waals surface area contributed by atoms with Gasteiger partial charge in [-0.3, -0.25) is 0 Å². The number of benzene rings is 2. The van der Waals surface area contributed by atoms with E-state index in [1.54, 1.807) is 6.07 Å². The molecule has 3 heteroatoms. The van der Waals surface area contributed by atoms with E-state index < -0.39 is 5.82 Å². The van der Waals surface area contributed by atoms with Gasteiger partial charge in [0.25, 0.3) is 0 Å². The maximum Gasteiger partial charge on any atom is 0.143 e. The molecule has 2 aromatic rings. The Morgan fingerprint density at radius 2 is 1.74 bits per heavy atom. The summed E-state index contributed by atoms with van der Waals surface area (Å²) in [5, 5.41) is 0.110. The van der Waals surface area contributed by atoms with E-state index in [0.717, 1.165) is 30.3 Å². The van der Waals surface area contributed by atoms with Gasteiger partial charge in [-0.05, 0) is 61.2 Å². The zero-order valence-electron chi connectivity index (χ0n) is 12.8. The highest BCUT2D eigenvalue weighted by atomic mass is 35.5. The van der Waals surface area contributed by atoms with Crippen molar-refractivity contribution in [2.45, 2.75) is 25.7 Å². The summed E-state index contributed by atoms with van der Waals surface area (Å²) in [4.78, 5) is 0. The van der Waals surface area contributed by atoms with Crippen LogP contribution in [0.25, 0.3) is 0 Å². The maximum atomic E-state index is 13.3. The highest BCUT2D eigenvalue weighted by Gasteiger charge is 2.20. The molecule has 0 N–H and O–H groups in total. The van der Waals surface area contributed by atoms with Gasteiger partial charge in [0.2, 0.25) is 0 Å². The van der Waals surface area contributed by atoms with Crippen LogP contribution in [-0.4, -0.2) is 6.61 Å². The molecule has 0 aliphatic heterocycles. The molecule has 1 aliphatic rings. The fraction of sp³-hybridized carbons (Fsp3) is 0.300. The van der Waals surface area contributed by atoms with E-state index in [1.807, 2.05) is 24.3 Å². The van der Waals surface area contributed by atoms with Gasteiger partial charge in [-0.15, -0.1) is 0 Å². The normalized spacial score (nSPS) is 13.3. The van der Waals surface area contributed by atoms with Crippen LogP contribution in [-0.2, 0) is 0 Å². The highest BCUT2D eigenvalue weighted by Crippen LogP contribution is 2.33. The van der Waals surface area contributed by atoms with Gasteiger partial charge in [-0.1, -0.05) is 36.3 Å². The quantitative estimate of drug-likeness (QED) is 0.524. The monoisotopic (exact) mass is 328 g/mol. The maximum absolute atomic E-state index is 13.3. The van der Waals surface area contributed by atoms with Crippen LogP contribution in [0.4, 0.5) is 4.39 Å². The van der Waals surface area contributed by atoms with Gasteiger partial charge in [0.1, 0.15) is 11.6 Å². The van der Waals surface area contributed by atoms with Gasteiger partial charge in [0.05, 0.1) is 11.6 Å². The Labute approximate surface area is 141 Å². The lowest BCUT2D eigenvalue weighted by molar-refractivity contribution is 0.303. The van der Waals surface area contributed by atoms with E-state index in [4.69, 9.17) is 16.3 Å². The van der Waals surface area contributed by atoms with E-state index in [0.29, 0.717) is 5.56 Å². The van der Waals surface area contributed by atoms with Crippen LogP contribution in [0.3, 0.4) is 0 Å². The van der Waals surface area contributed by atoms with Crippen LogP contribution in [0.5, 0.6) is 5.75 Å². The highest BCUT2D eigenvalue weighted by molar-refractivity contribution is 6.30. The first-order chi connectivity index (χ1) is 11.2. The van der Waals surface area contributed by atoms with Crippen LogP contribution >= 0.6 is 11.6 Å². The zero-order valence-corrected chi connectivity index (χ0v) is 13.6. The first-order valence-corrected chi connectivity index (χ1v) is 8.28. The Morgan fingerprint density at radius 1 is 1.04 bits per heavy atom. The lowest BCUT2D eigenvalue weighted by atomic mass is 10.2. The molecule has 3 rings (SSSR count). The van der Waals surface area contributed by atoms with Gasteiger partial charge < -0.3 is 4.74 Å². The van der Waals surface area contributed by atoms with Crippen molar-refractivity contribution in [1.29, 1.82) is 0 Å². The van der Waals surface area contributed by atoms with Gasteiger partial charge >= 0.3 is 0 Å². The summed E-state index contributed by atoms with van der Waals surface area (Å²) in [7, 11) is 0. The van der Waals surface area contributed by atoms with Crippen molar-refractivity contribution in [3.8, 4) is 17.6 Å². The fourth-order valence-corrected chi connectivity index (χ4v) is 2.44. The van der Waals surface area contributed by atoms with Crippen LogP contribution < -0.4 is 4.74 Å². The molecule has 2 aromatic carbocycles. The Kier molecular flexibility index (Phi) is 5.20. The summed E-state index contributed by atoms with van der Waals surface area (Å²) < 4.78 is 19.1. The molecule has 0 radical (unpaired) electrons. The molecule has 23 heavy (non-hydrogen) atoms. The van der Waals surface area contributed by atoms with Gasteiger partial charge in [0.15, 0.2) is 0 Å². The fourth-order valence-electron chi connectivity index (χ4n) is 2.32. The predicted molar refractivity (Wildman–Crippen MR) is 91.3 cm³/mol. The minimum atomic E-state index is -0.451. The van der Waals surface area contributed by atoms with E-state index in [9.17, 15) is 4.39 Å². The van der Waals surface area contributed by atoms with Crippen molar-refractivity contribution in [1.82, 2.24) is 0 Å². The molecule has 0 saturated heterocycles. The number of hydrogen-bond donors (Lipinski definition) is 0. The number of hydrogen-bond acceptors (Lipinski definition) is 1. The molecular weight excluding hydrogens is 311 g/mol. The van der Waals surface area contributed by atoms with E-state index in [1.165, 1.54) is 31.4 Å². The number of halogens is 2. The Balaban J connectivity index is 1.54. The van der Waals surface area contributed by atoms with Crippen molar-refractivity contribution in [3.63, 3.8) is 0 Å². The van der Waals surface area contributed by atoms with E-state index >= 15 is 0 Å². The first kappa shape index (κ1) is 15.9. The minimum absolute atomic E-state index is 0.110. The summed E-state index contributed by atoms with van der Waals surface area (Å²) in [5.41, 5.74) is 1.47. The third-order valence-corrected chi connectivity index (χ3v) is 4.15. The third-order valence-electron chi connectivity index (χ3n) is 3.85. The standard InChI is InChI=1S/C20H18ClFO/c21-19-12-9-17(14-20(19)22)6-5-16-7-10-18(11-8-16)23-13-1-2-15-3-4-15/h7-12,14-15H,1-4,13H2. The van der Waals surface area contributed by atoms with Crippen LogP contribution in [0, 0.1) is 23.6 Å². The molecule has 1 nitrogen and oxygen atoms in total. The van der Waals surface area contributed by atoms with Gasteiger partial charge in [-0.25, -0.2) is 4.39 Å². The van der Waals surface area contributed by atoms with Crippen LogP contribution in [0.2, 0.25) is 5.02 Å². The zero-order chi connectivity index (χ0) is 16.1. The predicted octanol–water partition coefficient (Wildman–Crippen LogP) is 5.45. The van der Waals surface area contributed by atoms with Crippen molar-refractivity contribution in [2.75, 3.05) is 6.61 Å². The molecule has 0 amide bonds. The lowest BCUT2D eigenvalue weighted by Gasteiger charge is -2.05. The van der Waals surface area contributed by atoms with Gasteiger partial charge in [0, 0.05) is 11.1 Å². The average Bonchev–Trinajstić information content (AvgIpc) is 3.38. The lowest BCUT2D eigenvalue weighted by Crippen LogP contribution is -1.97. The smallest absolute Gasteiger partial charge is 0.143 e. The second-order valence-electron chi connectivity index (χ2n) is 5.84. The summed E-state index contributed by atoms with van der Waals surface area (Å²) in [5.74, 6) is 7.31. The molecule has 1 fully saturated rings. The molecule has 0 spiro atoms. The van der Waals surface area contributed by atoms with Crippen LogP contribution in [0.1, 0.15) is 36.8 Å². The topological polar surface area (TPSA) is 9.23 Å². The van der Waals surface area contributed by atoms with Crippen LogP contribution in [0.15, 0.2) is 42.5 Å². The summed E-state index contributed by atoms with van der Waals surface area (Å²) in [6.07, 6.45) is 5.19. The van der Waals surface area contributed by atoms with Gasteiger partial charge in [-0.2, -0.15) is 0 Å². The third kappa shape index (κ3) is 5.01. The Bertz CT molecular complexity index is 724. The Morgan fingerprint density at radius 3 is 2.43 bits per heavy atom. The summed E-state index contributed by atoms with van der Waals surface area (Å²) in [6.45, 7) is 0.769.